The second kappa shape index (κ2) is 4.48. The Hall–Kier alpha value is -1.20. The largest absolute Gasteiger partial charge is 0.368 e. The summed E-state index contributed by atoms with van der Waals surface area (Å²) in [5, 5.41) is 1.20. The SMILES string of the molecule is Cc1cn(S)c2ncc(N3CCN(C)CC3)cc12. The third kappa shape index (κ3) is 1.97. The molecule has 0 atom stereocenters. The van der Waals surface area contributed by atoms with Gasteiger partial charge in [-0.1, -0.05) is 12.8 Å². The van der Waals surface area contributed by atoms with E-state index in [2.05, 4.69) is 47.6 Å². The van der Waals surface area contributed by atoms with Gasteiger partial charge in [0.05, 0.1) is 11.9 Å². The van der Waals surface area contributed by atoms with Crippen LogP contribution < -0.4 is 4.90 Å². The van der Waals surface area contributed by atoms with Crippen LogP contribution >= 0.6 is 12.8 Å². The maximum absolute atomic E-state index is 4.53. The number of hydrogen-bond acceptors (Lipinski definition) is 4. The van der Waals surface area contributed by atoms with Crippen molar-refractivity contribution in [1.29, 1.82) is 0 Å². The molecule has 0 unspecified atom stereocenters. The predicted octanol–water partition coefficient (Wildman–Crippen LogP) is 1.79. The van der Waals surface area contributed by atoms with E-state index in [0.29, 0.717) is 0 Å². The summed E-state index contributed by atoms with van der Waals surface area (Å²) in [6.07, 6.45) is 3.97. The molecule has 0 bridgehead atoms. The zero-order valence-electron chi connectivity index (χ0n) is 10.8. The molecule has 4 nitrogen and oxygen atoms in total. The van der Waals surface area contributed by atoms with E-state index in [9.17, 15) is 0 Å². The Morgan fingerprint density at radius 2 is 1.94 bits per heavy atom. The Morgan fingerprint density at radius 3 is 2.67 bits per heavy atom. The van der Waals surface area contributed by atoms with Gasteiger partial charge < -0.3 is 9.80 Å². The topological polar surface area (TPSA) is 24.3 Å². The molecule has 1 aliphatic rings. The average Bonchev–Trinajstić information content (AvgIpc) is 2.66. The highest BCUT2D eigenvalue weighted by atomic mass is 32.1. The number of nitrogens with zero attached hydrogens (tertiary/aromatic N) is 4. The standard InChI is InChI=1S/C13H18N4S/c1-10-9-17(18)13-12(10)7-11(8-14-13)16-5-3-15(2)4-6-16/h7-9,18H,3-6H2,1-2H3. The lowest BCUT2D eigenvalue weighted by Crippen LogP contribution is -2.44. The molecule has 3 heterocycles. The molecule has 2 aromatic rings. The molecule has 1 aliphatic heterocycles. The minimum atomic E-state index is 0.939. The molecule has 0 aliphatic carbocycles. The quantitative estimate of drug-likeness (QED) is 0.793. The highest BCUT2D eigenvalue weighted by molar-refractivity contribution is 7.78. The lowest BCUT2D eigenvalue weighted by Gasteiger charge is -2.33. The van der Waals surface area contributed by atoms with Gasteiger partial charge in [-0.05, 0) is 25.6 Å². The minimum absolute atomic E-state index is 0.939. The van der Waals surface area contributed by atoms with Gasteiger partial charge in [0, 0.05) is 37.8 Å². The van der Waals surface area contributed by atoms with E-state index in [1.807, 2.05) is 12.4 Å². The predicted molar refractivity (Wildman–Crippen MR) is 78.6 cm³/mol. The fourth-order valence-corrected chi connectivity index (χ4v) is 2.80. The van der Waals surface area contributed by atoms with Crippen molar-refractivity contribution < 1.29 is 0 Å². The lowest BCUT2D eigenvalue weighted by atomic mass is 10.2. The van der Waals surface area contributed by atoms with Crippen molar-refractivity contribution >= 4 is 29.5 Å². The van der Waals surface area contributed by atoms with E-state index in [1.54, 1.807) is 3.97 Å². The molecule has 2 aromatic heterocycles. The summed E-state index contributed by atoms with van der Waals surface area (Å²) in [5.74, 6) is 0. The first kappa shape index (κ1) is 11.9. The van der Waals surface area contributed by atoms with Crippen molar-refractivity contribution in [3.63, 3.8) is 0 Å². The number of aromatic nitrogens is 2. The monoisotopic (exact) mass is 262 g/mol. The van der Waals surface area contributed by atoms with Gasteiger partial charge in [-0.3, -0.25) is 3.97 Å². The number of pyridine rings is 1. The second-order valence-electron chi connectivity index (χ2n) is 5.01. The molecule has 18 heavy (non-hydrogen) atoms. The minimum Gasteiger partial charge on any atom is -0.368 e. The number of anilines is 1. The maximum atomic E-state index is 4.53. The highest BCUT2D eigenvalue weighted by Gasteiger charge is 2.15. The van der Waals surface area contributed by atoms with E-state index in [0.717, 1.165) is 31.8 Å². The zero-order valence-corrected chi connectivity index (χ0v) is 11.7. The van der Waals surface area contributed by atoms with Gasteiger partial charge in [-0.15, -0.1) is 0 Å². The van der Waals surface area contributed by atoms with Crippen molar-refractivity contribution in [1.82, 2.24) is 13.9 Å². The fraction of sp³-hybridized carbons (Fsp3) is 0.462. The summed E-state index contributed by atoms with van der Waals surface area (Å²) in [5.41, 5.74) is 3.38. The number of thiol groups is 1. The van der Waals surface area contributed by atoms with Gasteiger partial charge in [0.2, 0.25) is 0 Å². The van der Waals surface area contributed by atoms with Gasteiger partial charge in [0.25, 0.3) is 0 Å². The van der Waals surface area contributed by atoms with E-state index in [1.165, 1.54) is 16.6 Å². The summed E-state index contributed by atoms with van der Waals surface area (Å²) in [4.78, 5) is 9.29. The first-order chi connectivity index (χ1) is 8.65. The van der Waals surface area contributed by atoms with Crippen LogP contribution in [0.3, 0.4) is 0 Å². The number of fused-ring (bicyclic) bond motifs is 1. The third-order valence-electron chi connectivity index (χ3n) is 3.68. The maximum Gasteiger partial charge on any atom is 0.150 e. The van der Waals surface area contributed by atoms with Crippen LogP contribution in [0.1, 0.15) is 5.56 Å². The second-order valence-corrected chi connectivity index (χ2v) is 5.44. The Labute approximate surface area is 113 Å². The Morgan fingerprint density at radius 1 is 1.22 bits per heavy atom. The van der Waals surface area contributed by atoms with Crippen molar-refractivity contribution in [2.75, 3.05) is 38.1 Å². The molecule has 1 saturated heterocycles. The van der Waals surface area contributed by atoms with E-state index in [4.69, 9.17) is 0 Å². The smallest absolute Gasteiger partial charge is 0.150 e. The van der Waals surface area contributed by atoms with Crippen LogP contribution in [0.15, 0.2) is 18.5 Å². The number of likely N-dealkylation sites (N-methyl/N-ethyl adjacent to an activating group) is 1. The molecule has 1 fully saturated rings. The van der Waals surface area contributed by atoms with Gasteiger partial charge in [0.15, 0.2) is 0 Å². The molecular weight excluding hydrogens is 244 g/mol. The van der Waals surface area contributed by atoms with Gasteiger partial charge >= 0.3 is 0 Å². The fourth-order valence-electron chi connectivity index (χ4n) is 2.47. The summed E-state index contributed by atoms with van der Waals surface area (Å²) in [6, 6.07) is 2.23. The number of piperazine rings is 1. The first-order valence-electron chi connectivity index (χ1n) is 6.25. The van der Waals surface area contributed by atoms with Crippen LogP contribution in [-0.2, 0) is 0 Å². The molecule has 0 radical (unpaired) electrons. The summed E-state index contributed by atoms with van der Waals surface area (Å²) in [6.45, 7) is 6.48. The molecule has 0 N–H and O–H groups in total. The normalized spacial score (nSPS) is 17.6. The number of rotatable bonds is 1. The molecular formula is C13H18N4S. The van der Waals surface area contributed by atoms with Crippen LogP contribution in [-0.4, -0.2) is 47.1 Å². The molecule has 3 rings (SSSR count). The van der Waals surface area contributed by atoms with E-state index < -0.39 is 0 Å². The summed E-state index contributed by atoms with van der Waals surface area (Å²) < 4.78 is 1.79. The number of aryl methyl sites for hydroxylation is 1. The van der Waals surface area contributed by atoms with Gasteiger partial charge in [0.1, 0.15) is 5.65 Å². The van der Waals surface area contributed by atoms with Crippen LogP contribution in [0.2, 0.25) is 0 Å². The molecule has 0 saturated carbocycles. The summed E-state index contributed by atoms with van der Waals surface area (Å²) >= 11 is 4.38. The first-order valence-corrected chi connectivity index (χ1v) is 6.65. The van der Waals surface area contributed by atoms with E-state index in [-0.39, 0.29) is 0 Å². The van der Waals surface area contributed by atoms with Crippen molar-refractivity contribution in [3.05, 3.63) is 24.0 Å². The zero-order chi connectivity index (χ0) is 12.7. The molecule has 0 spiro atoms. The van der Waals surface area contributed by atoms with Gasteiger partial charge in [-0.2, -0.15) is 0 Å². The lowest BCUT2D eigenvalue weighted by molar-refractivity contribution is 0.313. The molecule has 0 aromatic carbocycles. The van der Waals surface area contributed by atoms with E-state index >= 15 is 0 Å². The summed E-state index contributed by atoms with van der Waals surface area (Å²) in [7, 11) is 2.17. The molecule has 0 amide bonds. The van der Waals surface area contributed by atoms with Crippen LogP contribution in [0.5, 0.6) is 0 Å². The Balaban J connectivity index is 1.95. The third-order valence-corrected chi connectivity index (χ3v) is 3.98. The molecule has 5 heteroatoms. The van der Waals surface area contributed by atoms with Gasteiger partial charge in [-0.25, -0.2) is 4.98 Å². The van der Waals surface area contributed by atoms with Crippen LogP contribution in [0.4, 0.5) is 5.69 Å². The van der Waals surface area contributed by atoms with Crippen molar-refractivity contribution in [2.24, 2.45) is 0 Å². The van der Waals surface area contributed by atoms with Crippen LogP contribution in [0.25, 0.3) is 11.0 Å². The average molecular weight is 262 g/mol. The number of hydrogen-bond donors (Lipinski definition) is 1. The Bertz CT molecular complexity index is 570. The van der Waals surface area contributed by atoms with Crippen molar-refractivity contribution in [2.45, 2.75) is 6.92 Å². The van der Waals surface area contributed by atoms with Crippen molar-refractivity contribution in [3.8, 4) is 0 Å². The van der Waals surface area contributed by atoms with Crippen LogP contribution in [0, 0.1) is 6.92 Å². The Kier molecular flexibility index (Phi) is 2.95. The highest BCUT2D eigenvalue weighted by Crippen LogP contribution is 2.25. The molecule has 96 valence electrons.